The van der Waals surface area contributed by atoms with Gasteiger partial charge in [-0.25, -0.2) is 13.6 Å². The van der Waals surface area contributed by atoms with Crippen LogP contribution >= 0.6 is 0 Å². The largest absolute Gasteiger partial charge is 0.480 e. The number of carbonyl (C=O) groups is 3. The molecular weight excluding hydrogens is 348 g/mol. The molecule has 0 unspecified atom stereocenters. The molecule has 9 heteroatoms. The van der Waals surface area contributed by atoms with E-state index in [1.165, 1.54) is 17.9 Å². The van der Waals surface area contributed by atoms with Gasteiger partial charge in [0.2, 0.25) is 10.0 Å². The smallest absolute Gasteiger partial charge is 0.323 e. The number of hydrogen-bond acceptors (Lipinski definition) is 5. The highest BCUT2D eigenvalue weighted by molar-refractivity contribution is 7.89. The number of nitrogens with two attached hydrogens (primary N) is 1. The molecule has 0 saturated heterocycles. The normalized spacial score (nSPS) is 15.1. The van der Waals surface area contributed by atoms with Crippen LogP contribution in [-0.2, 0) is 14.8 Å². The second-order valence-electron chi connectivity index (χ2n) is 6.07. The van der Waals surface area contributed by atoms with E-state index in [0.717, 1.165) is 25.0 Å². The number of amides is 1. The Labute approximate surface area is 145 Å². The van der Waals surface area contributed by atoms with Gasteiger partial charge in [-0.05, 0) is 38.0 Å². The first-order valence-corrected chi connectivity index (χ1v) is 9.36. The van der Waals surface area contributed by atoms with E-state index in [0.29, 0.717) is 12.8 Å². The van der Waals surface area contributed by atoms with E-state index in [2.05, 4.69) is 0 Å². The summed E-state index contributed by atoms with van der Waals surface area (Å²) in [5.74, 6) is -2.27. The summed E-state index contributed by atoms with van der Waals surface area (Å²) in [5, 5.41) is 14.2. The van der Waals surface area contributed by atoms with E-state index in [1.807, 2.05) is 0 Å². The lowest BCUT2D eigenvalue weighted by Gasteiger charge is -2.28. The van der Waals surface area contributed by atoms with Crippen molar-refractivity contribution in [1.29, 1.82) is 0 Å². The lowest BCUT2D eigenvalue weighted by atomic mass is 10.0. The number of carbonyl (C=O) groups excluding carboxylic acids is 2. The standard InChI is InChI=1S/C16H20N2O6S/c1-10(19)13-7-6-12(25(17,23)24)8-14(13)16(22)18(9-15(20)21)11-4-2-3-5-11/h6-8,11H,2-5,9H2,1H3,(H,20,21)(H2,17,23,24). The van der Waals surface area contributed by atoms with Crippen LogP contribution in [0.2, 0.25) is 0 Å². The number of hydrogen-bond donors (Lipinski definition) is 2. The van der Waals surface area contributed by atoms with Crippen molar-refractivity contribution in [3.05, 3.63) is 29.3 Å². The fourth-order valence-corrected chi connectivity index (χ4v) is 3.61. The minimum atomic E-state index is -4.07. The highest BCUT2D eigenvalue weighted by atomic mass is 32.2. The van der Waals surface area contributed by atoms with Gasteiger partial charge in [-0.1, -0.05) is 12.8 Å². The van der Waals surface area contributed by atoms with E-state index in [1.54, 1.807) is 0 Å². The van der Waals surface area contributed by atoms with Crippen molar-refractivity contribution in [1.82, 2.24) is 4.90 Å². The van der Waals surface area contributed by atoms with E-state index in [4.69, 9.17) is 10.2 Å². The fraction of sp³-hybridized carbons (Fsp3) is 0.438. The van der Waals surface area contributed by atoms with Crippen LogP contribution in [0.3, 0.4) is 0 Å². The third kappa shape index (κ3) is 4.43. The van der Waals surface area contributed by atoms with Crippen molar-refractivity contribution in [2.75, 3.05) is 6.54 Å². The van der Waals surface area contributed by atoms with Crippen molar-refractivity contribution in [2.45, 2.75) is 43.5 Å². The fourth-order valence-electron chi connectivity index (χ4n) is 3.07. The Morgan fingerprint density at radius 1 is 1.20 bits per heavy atom. The molecule has 3 N–H and O–H groups in total. The van der Waals surface area contributed by atoms with Gasteiger partial charge in [-0.15, -0.1) is 0 Å². The molecule has 0 atom stereocenters. The number of primary sulfonamides is 1. The molecule has 25 heavy (non-hydrogen) atoms. The van der Waals surface area contributed by atoms with Gasteiger partial charge in [-0.2, -0.15) is 0 Å². The Balaban J connectivity index is 2.53. The monoisotopic (exact) mass is 368 g/mol. The van der Waals surface area contributed by atoms with Crippen LogP contribution in [0, 0.1) is 0 Å². The molecule has 0 heterocycles. The molecular formula is C16H20N2O6S. The molecule has 1 fully saturated rings. The molecule has 0 aliphatic heterocycles. The molecule has 1 aromatic rings. The maximum atomic E-state index is 12.9. The average Bonchev–Trinajstić information content (AvgIpc) is 3.04. The lowest BCUT2D eigenvalue weighted by molar-refractivity contribution is -0.138. The minimum Gasteiger partial charge on any atom is -0.480 e. The van der Waals surface area contributed by atoms with Crippen molar-refractivity contribution in [3.63, 3.8) is 0 Å². The quantitative estimate of drug-likeness (QED) is 0.719. The summed E-state index contributed by atoms with van der Waals surface area (Å²) >= 11 is 0. The Bertz CT molecular complexity index is 812. The number of ketones is 1. The predicted molar refractivity (Wildman–Crippen MR) is 88.7 cm³/mol. The first kappa shape index (κ1) is 19.1. The van der Waals surface area contributed by atoms with Crippen molar-refractivity contribution in [3.8, 4) is 0 Å². The molecule has 1 aliphatic carbocycles. The molecule has 136 valence electrons. The third-order valence-corrected chi connectivity index (χ3v) is 5.17. The van der Waals surface area contributed by atoms with Crippen LogP contribution in [0.5, 0.6) is 0 Å². The molecule has 0 aromatic heterocycles. The van der Waals surface area contributed by atoms with Crippen LogP contribution in [0.25, 0.3) is 0 Å². The summed E-state index contributed by atoms with van der Waals surface area (Å²) in [6.45, 7) is 0.736. The number of rotatable bonds is 6. The summed E-state index contributed by atoms with van der Waals surface area (Å²) in [4.78, 5) is 36.8. The predicted octanol–water partition coefficient (Wildman–Crippen LogP) is 1.01. The molecule has 0 spiro atoms. The summed E-state index contributed by atoms with van der Waals surface area (Å²) in [7, 11) is -4.07. The Morgan fingerprint density at radius 2 is 1.80 bits per heavy atom. The average molecular weight is 368 g/mol. The topological polar surface area (TPSA) is 135 Å². The highest BCUT2D eigenvalue weighted by Crippen LogP contribution is 2.26. The SMILES string of the molecule is CC(=O)c1ccc(S(N)(=O)=O)cc1C(=O)N(CC(=O)O)C1CCCC1. The molecule has 1 aromatic carbocycles. The second kappa shape index (κ2) is 7.32. The first-order valence-electron chi connectivity index (χ1n) is 7.82. The van der Waals surface area contributed by atoms with Crippen molar-refractivity contribution < 1.29 is 27.9 Å². The number of Topliss-reactive ketones (excluding diaryl/α,β-unsaturated/α-hetero) is 1. The van der Waals surface area contributed by atoms with Gasteiger partial charge in [0.05, 0.1) is 10.5 Å². The zero-order valence-electron chi connectivity index (χ0n) is 13.8. The summed E-state index contributed by atoms with van der Waals surface area (Å²) in [5.41, 5.74) is -0.113. The van der Waals surface area contributed by atoms with Crippen LogP contribution in [-0.4, -0.2) is 48.7 Å². The van der Waals surface area contributed by atoms with Crippen LogP contribution in [0.1, 0.15) is 53.3 Å². The number of carboxylic acid groups (broad SMARTS) is 1. The van der Waals surface area contributed by atoms with Crippen LogP contribution in [0.15, 0.2) is 23.1 Å². The van der Waals surface area contributed by atoms with Crippen LogP contribution < -0.4 is 5.14 Å². The van der Waals surface area contributed by atoms with Crippen molar-refractivity contribution in [2.24, 2.45) is 5.14 Å². The number of benzene rings is 1. The molecule has 8 nitrogen and oxygen atoms in total. The number of sulfonamides is 1. The molecule has 1 saturated carbocycles. The zero-order valence-corrected chi connectivity index (χ0v) is 14.6. The van der Waals surface area contributed by atoms with Gasteiger partial charge in [0, 0.05) is 11.6 Å². The second-order valence-corrected chi connectivity index (χ2v) is 7.64. The molecule has 1 aliphatic rings. The van der Waals surface area contributed by atoms with Gasteiger partial charge in [-0.3, -0.25) is 14.4 Å². The molecule has 1 amide bonds. The minimum absolute atomic E-state index is 0.0331. The number of nitrogens with zero attached hydrogens (tertiary/aromatic N) is 1. The number of aliphatic carboxylic acids is 1. The highest BCUT2D eigenvalue weighted by Gasteiger charge is 2.31. The van der Waals surface area contributed by atoms with Gasteiger partial charge in [0.25, 0.3) is 5.91 Å². The zero-order chi connectivity index (χ0) is 18.8. The Morgan fingerprint density at radius 3 is 2.28 bits per heavy atom. The summed E-state index contributed by atoms with van der Waals surface area (Å²) < 4.78 is 23.1. The van der Waals surface area contributed by atoms with Gasteiger partial charge >= 0.3 is 5.97 Å². The van der Waals surface area contributed by atoms with E-state index >= 15 is 0 Å². The van der Waals surface area contributed by atoms with Gasteiger partial charge < -0.3 is 10.0 Å². The van der Waals surface area contributed by atoms with E-state index in [9.17, 15) is 22.8 Å². The molecule has 0 radical (unpaired) electrons. The van der Waals surface area contributed by atoms with E-state index < -0.39 is 34.2 Å². The summed E-state index contributed by atoms with van der Waals surface area (Å²) in [6, 6.07) is 3.17. The number of carboxylic acids is 1. The Hall–Kier alpha value is -2.26. The van der Waals surface area contributed by atoms with Gasteiger partial charge in [0.1, 0.15) is 6.54 Å². The Kier molecular flexibility index (Phi) is 5.58. The van der Waals surface area contributed by atoms with Crippen molar-refractivity contribution >= 4 is 27.7 Å². The third-order valence-electron chi connectivity index (χ3n) is 4.26. The first-order chi connectivity index (χ1) is 11.6. The molecule has 2 rings (SSSR count). The lowest BCUT2D eigenvalue weighted by Crippen LogP contribution is -2.42. The summed E-state index contributed by atoms with van der Waals surface area (Å²) in [6.07, 6.45) is 3.10. The molecule has 0 bridgehead atoms. The maximum absolute atomic E-state index is 12.9. The van der Waals surface area contributed by atoms with Crippen LogP contribution in [0.4, 0.5) is 0 Å². The van der Waals surface area contributed by atoms with E-state index in [-0.39, 0.29) is 22.1 Å². The maximum Gasteiger partial charge on any atom is 0.323 e. The van der Waals surface area contributed by atoms with Gasteiger partial charge in [0.15, 0.2) is 5.78 Å².